The fourth-order valence-corrected chi connectivity index (χ4v) is 2.00. The maximum absolute atomic E-state index is 12.4. The lowest BCUT2D eigenvalue weighted by Crippen LogP contribution is -2.34. The van der Waals surface area contributed by atoms with E-state index in [9.17, 15) is 4.79 Å². The summed E-state index contributed by atoms with van der Waals surface area (Å²) in [6.45, 7) is 3.02. The Labute approximate surface area is 108 Å². The van der Waals surface area contributed by atoms with Crippen LogP contribution in [0.1, 0.15) is 43.0 Å². The van der Waals surface area contributed by atoms with Crippen LogP contribution in [-0.4, -0.2) is 35.4 Å². The van der Waals surface area contributed by atoms with Gasteiger partial charge in [0.05, 0.1) is 5.56 Å². The van der Waals surface area contributed by atoms with Gasteiger partial charge in [0.15, 0.2) is 0 Å². The van der Waals surface area contributed by atoms with E-state index in [0.29, 0.717) is 11.6 Å². The quantitative estimate of drug-likeness (QED) is 0.840. The fourth-order valence-electron chi connectivity index (χ4n) is 2.00. The number of carbonyl (C=O) groups excluding carboxylic acids is 1. The van der Waals surface area contributed by atoms with Gasteiger partial charge in [0.1, 0.15) is 5.82 Å². The average molecular weight is 247 g/mol. The van der Waals surface area contributed by atoms with Gasteiger partial charge in [0, 0.05) is 25.8 Å². The van der Waals surface area contributed by atoms with Crippen LogP contribution in [0.4, 0.5) is 5.82 Å². The molecular formula is C14H21N3O. The van der Waals surface area contributed by atoms with E-state index in [0.717, 1.165) is 38.0 Å². The molecule has 2 rings (SSSR count). The van der Waals surface area contributed by atoms with E-state index in [-0.39, 0.29) is 5.91 Å². The van der Waals surface area contributed by atoms with Gasteiger partial charge in [-0.1, -0.05) is 13.3 Å². The van der Waals surface area contributed by atoms with E-state index in [1.165, 1.54) is 0 Å². The first kappa shape index (κ1) is 12.9. The second kappa shape index (κ2) is 5.85. The van der Waals surface area contributed by atoms with Gasteiger partial charge in [-0.2, -0.15) is 0 Å². The van der Waals surface area contributed by atoms with Gasteiger partial charge in [-0.3, -0.25) is 4.79 Å². The highest BCUT2D eigenvalue weighted by Gasteiger charge is 2.32. The number of anilines is 1. The number of rotatable bonds is 6. The van der Waals surface area contributed by atoms with Gasteiger partial charge in [-0.25, -0.2) is 4.98 Å². The SMILES string of the molecule is CCCCN(C(=O)c1ccc(NC)nc1)C1CC1. The molecule has 0 saturated heterocycles. The predicted molar refractivity (Wildman–Crippen MR) is 72.8 cm³/mol. The Bertz CT molecular complexity index is 398. The van der Waals surface area contributed by atoms with Crippen molar-refractivity contribution in [3.8, 4) is 0 Å². The summed E-state index contributed by atoms with van der Waals surface area (Å²) in [5.41, 5.74) is 0.692. The third-order valence-corrected chi connectivity index (χ3v) is 3.27. The van der Waals surface area contributed by atoms with E-state index in [1.807, 2.05) is 24.1 Å². The summed E-state index contributed by atoms with van der Waals surface area (Å²) < 4.78 is 0. The predicted octanol–water partition coefficient (Wildman–Crippen LogP) is 2.53. The fraction of sp³-hybridized carbons (Fsp3) is 0.571. The van der Waals surface area contributed by atoms with Crippen LogP contribution in [0.25, 0.3) is 0 Å². The lowest BCUT2D eigenvalue weighted by atomic mass is 10.2. The second-order valence-corrected chi connectivity index (χ2v) is 4.77. The van der Waals surface area contributed by atoms with Crippen LogP contribution >= 0.6 is 0 Å². The highest BCUT2D eigenvalue weighted by atomic mass is 16.2. The molecule has 1 saturated carbocycles. The Morgan fingerprint density at radius 3 is 2.78 bits per heavy atom. The number of nitrogens with one attached hydrogen (secondary N) is 1. The molecule has 1 aliphatic carbocycles. The van der Waals surface area contributed by atoms with Crippen molar-refractivity contribution >= 4 is 11.7 Å². The minimum atomic E-state index is 0.126. The number of amides is 1. The van der Waals surface area contributed by atoms with E-state index in [4.69, 9.17) is 0 Å². The van der Waals surface area contributed by atoms with Gasteiger partial charge < -0.3 is 10.2 Å². The largest absolute Gasteiger partial charge is 0.373 e. The lowest BCUT2D eigenvalue weighted by molar-refractivity contribution is 0.0740. The molecule has 18 heavy (non-hydrogen) atoms. The van der Waals surface area contributed by atoms with Crippen LogP contribution in [-0.2, 0) is 0 Å². The summed E-state index contributed by atoms with van der Waals surface area (Å²) >= 11 is 0. The summed E-state index contributed by atoms with van der Waals surface area (Å²) in [6.07, 6.45) is 6.15. The van der Waals surface area contributed by atoms with Gasteiger partial charge in [0.2, 0.25) is 0 Å². The van der Waals surface area contributed by atoms with Crippen LogP contribution in [0.3, 0.4) is 0 Å². The Hall–Kier alpha value is -1.58. The Balaban J connectivity index is 2.06. The van der Waals surface area contributed by atoms with Crippen LogP contribution in [0.2, 0.25) is 0 Å². The molecule has 1 heterocycles. The molecule has 1 amide bonds. The van der Waals surface area contributed by atoms with Crippen molar-refractivity contribution in [2.75, 3.05) is 18.9 Å². The summed E-state index contributed by atoms with van der Waals surface area (Å²) in [4.78, 5) is 18.6. The van der Waals surface area contributed by atoms with Crippen LogP contribution < -0.4 is 5.32 Å². The molecule has 1 aliphatic rings. The molecule has 1 aromatic rings. The molecule has 4 heteroatoms. The van der Waals surface area contributed by atoms with Crippen molar-refractivity contribution < 1.29 is 4.79 Å². The molecule has 0 aliphatic heterocycles. The van der Waals surface area contributed by atoms with Gasteiger partial charge >= 0.3 is 0 Å². The molecule has 0 spiro atoms. The van der Waals surface area contributed by atoms with Crippen LogP contribution in [0.15, 0.2) is 18.3 Å². The molecule has 1 aromatic heterocycles. The lowest BCUT2D eigenvalue weighted by Gasteiger charge is -2.22. The van der Waals surface area contributed by atoms with Crippen molar-refractivity contribution in [1.29, 1.82) is 0 Å². The normalized spacial score (nSPS) is 14.3. The average Bonchev–Trinajstić information content (AvgIpc) is 3.24. The number of aromatic nitrogens is 1. The number of unbranched alkanes of at least 4 members (excludes halogenated alkanes) is 1. The summed E-state index contributed by atoms with van der Waals surface area (Å²) in [5.74, 6) is 0.916. The Morgan fingerprint density at radius 2 is 2.28 bits per heavy atom. The number of hydrogen-bond acceptors (Lipinski definition) is 3. The van der Waals surface area contributed by atoms with Crippen molar-refractivity contribution in [2.45, 2.75) is 38.6 Å². The first-order valence-corrected chi connectivity index (χ1v) is 6.71. The van der Waals surface area contributed by atoms with E-state index >= 15 is 0 Å². The zero-order chi connectivity index (χ0) is 13.0. The van der Waals surface area contributed by atoms with Gasteiger partial charge in [0.25, 0.3) is 5.91 Å². The number of carbonyl (C=O) groups is 1. The molecule has 1 N–H and O–H groups in total. The van der Waals surface area contributed by atoms with E-state index < -0.39 is 0 Å². The van der Waals surface area contributed by atoms with E-state index in [2.05, 4.69) is 17.2 Å². The van der Waals surface area contributed by atoms with Crippen molar-refractivity contribution in [2.24, 2.45) is 0 Å². The molecule has 0 unspecified atom stereocenters. The monoisotopic (exact) mass is 247 g/mol. The first-order chi connectivity index (χ1) is 8.76. The molecule has 98 valence electrons. The molecule has 4 nitrogen and oxygen atoms in total. The van der Waals surface area contributed by atoms with Crippen LogP contribution in [0, 0.1) is 0 Å². The third kappa shape index (κ3) is 3.00. The summed E-state index contributed by atoms with van der Waals surface area (Å²) in [5, 5.41) is 2.96. The zero-order valence-electron chi connectivity index (χ0n) is 11.1. The van der Waals surface area contributed by atoms with E-state index in [1.54, 1.807) is 6.20 Å². The molecular weight excluding hydrogens is 226 g/mol. The van der Waals surface area contributed by atoms with Crippen molar-refractivity contribution in [3.05, 3.63) is 23.9 Å². The molecule has 0 aromatic carbocycles. The standard InChI is InChI=1S/C14H21N3O/c1-3-4-9-17(12-6-7-12)14(18)11-5-8-13(15-2)16-10-11/h5,8,10,12H,3-4,6-7,9H2,1-2H3,(H,15,16). The number of hydrogen-bond donors (Lipinski definition) is 1. The topological polar surface area (TPSA) is 45.2 Å². The first-order valence-electron chi connectivity index (χ1n) is 6.71. The van der Waals surface area contributed by atoms with Crippen molar-refractivity contribution in [1.82, 2.24) is 9.88 Å². The highest BCUT2D eigenvalue weighted by Crippen LogP contribution is 2.28. The molecule has 0 radical (unpaired) electrons. The zero-order valence-corrected chi connectivity index (χ0v) is 11.1. The van der Waals surface area contributed by atoms with Crippen LogP contribution in [0.5, 0.6) is 0 Å². The van der Waals surface area contributed by atoms with Gasteiger partial charge in [-0.05, 0) is 31.4 Å². The smallest absolute Gasteiger partial charge is 0.255 e. The Morgan fingerprint density at radius 1 is 1.50 bits per heavy atom. The maximum Gasteiger partial charge on any atom is 0.255 e. The highest BCUT2D eigenvalue weighted by molar-refractivity contribution is 5.94. The number of pyridine rings is 1. The Kier molecular flexibility index (Phi) is 4.18. The number of nitrogens with zero attached hydrogens (tertiary/aromatic N) is 2. The minimum absolute atomic E-state index is 0.126. The molecule has 1 fully saturated rings. The second-order valence-electron chi connectivity index (χ2n) is 4.77. The molecule has 0 atom stereocenters. The maximum atomic E-state index is 12.4. The summed E-state index contributed by atoms with van der Waals surface area (Å²) in [6, 6.07) is 4.16. The van der Waals surface area contributed by atoms with Gasteiger partial charge in [-0.15, -0.1) is 0 Å². The minimum Gasteiger partial charge on any atom is -0.373 e. The summed E-state index contributed by atoms with van der Waals surface area (Å²) in [7, 11) is 1.82. The van der Waals surface area contributed by atoms with Crippen molar-refractivity contribution in [3.63, 3.8) is 0 Å². The molecule has 0 bridgehead atoms. The third-order valence-electron chi connectivity index (χ3n) is 3.27.